The molecule has 0 spiro atoms. The van der Waals surface area contributed by atoms with Gasteiger partial charge in [-0.3, -0.25) is 4.79 Å². The Morgan fingerprint density at radius 2 is 2.06 bits per heavy atom. The highest BCUT2D eigenvalue weighted by Crippen LogP contribution is 2.16. The Morgan fingerprint density at radius 1 is 1.38 bits per heavy atom. The lowest BCUT2D eigenvalue weighted by atomic mass is 10.1. The van der Waals surface area contributed by atoms with Crippen LogP contribution in [0.4, 0.5) is 5.69 Å². The van der Waals surface area contributed by atoms with E-state index in [2.05, 4.69) is 5.32 Å². The second-order valence-electron chi connectivity index (χ2n) is 4.13. The van der Waals surface area contributed by atoms with Crippen LogP contribution < -0.4 is 11.1 Å². The zero-order valence-electron chi connectivity index (χ0n) is 9.49. The molecular formula is C12H17N3O. The van der Waals surface area contributed by atoms with Crippen LogP contribution >= 0.6 is 0 Å². The minimum absolute atomic E-state index is 0.0407. The van der Waals surface area contributed by atoms with Gasteiger partial charge >= 0.3 is 0 Å². The first-order chi connectivity index (χ1) is 7.68. The van der Waals surface area contributed by atoms with Crippen molar-refractivity contribution in [1.29, 1.82) is 0 Å². The molecule has 4 heteroatoms. The lowest BCUT2D eigenvalue weighted by molar-refractivity contribution is 0.0737. The highest BCUT2D eigenvalue weighted by atomic mass is 16.2. The number of nitrogens with two attached hydrogens (primary N) is 1. The average Bonchev–Trinajstić information content (AvgIpc) is 2.29. The maximum Gasteiger partial charge on any atom is 0.256 e. The van der Waals surface area contributed by atoms with Gasteiger partial charge < -0.3 is 16.0 Å². The number of anilines is 1. The third kappa shape index (κ3) is 2.17. The molecule has 1 fully saturated rings. The van der Waals surface area contributed by atoms with Gasteiger partial charge in [-0.05, 0) is 24.6 Å². The van der Waals surface area contributed by atoms with Crippen LogP contribution in [0, 0.1) is 6.92 Å². The van der Waals surface area contributed by atoms with Crippen molar-refractivity contribution in [2.45, 2.75) is 6.92 Å². The van der Waals surface area contributed by atoms with Gasteiger partial charge in [0.1, 0.15) is 0 Å². The molecule has 86 valence electrons. The normalized spacial score (nSPS) is 16.2. The molecule has 0 aliphatic carbocycles. The summed E-state index contributed by atoms with van der Waals surface area (Å²) >= 11 is 0. The number of nitrogens with one attached hydrogen (secondary N) is 1. The number of carbonyl (C=O) groups excluding carboxylic acids is 1. The summed E-state index contributed by atoms with van der Waals surface area (Å²) in [5.41, 5.74) is 8.13. The number of rotatable bonds is 1. The highest BCUT2D eigenvalue weighted by molar-refractivity contribution is 5.99. The minimum atomic E-state index is 0.0407. The topological polar surface area (TPSA) is 58.4 Å². The van der Waals surface area contributed by atoms with E-state index in [0.717, 1.165) is 31.7 Å². The fraction of sp³-hybridized carbons (Fsp3) is 0.417. The molecule has 0 bridgehead atoms. The Kier molecular flexibility index (Phi) is 3.10. The zero-order chi connectivity index (χ0) is 11.5. The summed E-state index contributed by atoms with van der Waals surface area (Å²) in [7, 11) is 0. The van der Waals surface area contributed by atoms with Crippen LogP contribution in [0.2, 0.25) is 0 Å². The number of hydrogen-bond donors (Lipinski definition) is 2. The molecule has 4 nitrogen and oxygen atoms in total. The summed E-state index contributed by atoms with van der Waals surface area (Å²) in [4.78, 5) is 14.0. The number of amides is 1. The molecule has 3 N–H and O–H groups in total. The van der Waals surface area contributed by atoms with Crippen molar-refractivity contribution in [2.24, 2.45) is 0 Å². The van der Waals surface area contributed by atoms with Crippen molar-refractivity contribution < 1.29 is 4.79 Å². The van der Waals surface area contributed by atoms with E-state index in [1.807, 2.05) is 30.0 Å². The fourth-order valence-electron chi connectivity index (χ4n) is 1.92. The Bertz CT molecular complexity index is 397. The Hall–Kier alpha value is -1.55. The molecule has 1 heterocycles. The van der Waals surface area contributed by atoms with Crippen molar-refractivity contribution >= 4 is 11.6 Å². The van der Waals surface area contributed by atoms with Crippen molar-refractivity contribution in [2.75, 3.05) is 31.9 Å². The van der Waals surface area contributed by atoms with E-state index in [1.165, 1.54) is 0 Å². The Labute approximate surface area is 95.4 Å². The number of piperazine rings is 1. The molecule has 1 aromatic rings. The number of benzene rings is 1. The maximum atomic E-state index is 12.2. The molecule has 0 atom stereocenters. The van der Waals surface area contributed by atoms with Gasteiger partial charge in [-0.25, -0.2) is 0 Å². The van der Waals surface area contributed by atoms with Crippen LogP contribution in [0.5, 0.6) is 0 Å². The van der Waals surface area contributed by atoms with Gasteiger partial charge in [-0.15, -0.1) is 0 Å². The molecular weight excluding hydrogens is 202 g/mol. The van der Waals surface area contributed by atoms with E-state index in [4.69, 9.17) is 5.73 Å². The number of hydrogen-bond acceptors (Lipinski definition) is 3. The van der Waals surface area contributed by atoms with Crippen molar-refractivity contribution in [3.05, 3.63) is 29.3 Å². The fourth-order valence-corrected chi connectivity index (χ4v) is 1.92. The number of carbonyl (C=O) groups is 1. The van der Waals surface area contributed by atoms with Gasteiger partial charge in [0.2, 0.25) is 0 Å². The molecule has 1 aliphatic heterocycles. The molecule has 0 aromatic heterocycles. The Morgan fingerprint density at radius 3 is 2.69 bits per heavy atom. The van der Waals surface area contributed by atoms with E-state index in [-0.39, 0.29) is 5.91 Å². The van der Waals surface area contributed by atoms with Gasteiger partial charge in [0.15, 0.2) is 0 Å². The first-order valence-corrected chi connectivity index (χ1v) is 5.54. The molecule has 0 radical (unpaired) electrons. The van der Waals surface area contributed by atoms with Gasteiger partial charge in [0, 0.05) is 31.9 Å². The summed E-state index contributed by atoms with van der Waals surface area (Å²) in [6.45, 7) is 5.20. The van der Waals surface area contributed by atoms with Crippen LogP contribution in [0.3, 0.4) is 0 Å². The molecule has 1 aliphatic rings. The van der Waals surface area contributed by atoms with Crippen molar-refractivity contribution in [1.82, 2.24) is 10.2 Å². The van der Waals surface area contributed by atoms with Gasteiger partial charge in [-0.2, -0.15) is 0 Å². The first kappa shape index (κ1) is 11.0. The predicted molar refractivity (Wildman–Crippen MR) is 64.4 cm³/mol. The van der Waals surface area contributed by atoms with Crippen LogP contribution in [0.15, 0.2) is 18.2 Å². The second kappa shape index (κ2) is 4.53. The average molecular weight is 219 g/mol. The third-order valence-electron chi connectivity index (χ3n) is 2.84. The summed E-state index contributed by atoms with van der Waals surface area (Å²) in [6.07, 6.45) is 0. The number of aryl methyl sites for hydroxylation is 1. The van der Waals surface area contributed by atoms with E-state index in [0.29, 0.717) is 11.3 Å². The zero-order valence-corrected chi connectivity index (χ0v) is 9.49. The first-order valence-electron chi connectivity index (χ1n) is 5.54. The SMILES string of the molecule is Cc1ccc(C(=O)N2CCNCC2)c(N)c1. The quantitative estimate of drug-likeness (QED) is 0.681. The van der Waals surface area contributed by atoms with Gasteiger partial charge in [-0.1, -0.05) is 6.07 Å². The van der Waals surface area contributed by atoms with Gasteiger partial charge in [0.05, 0.1) is 5.56 Å². The summed E-state index contributed by atoms with van der Waals surface area (Å²) in [6, 6.07) is 5.58. The second-order valence-corrected chi connectivity index (χ2v) is 4.13. The van der Waals surface area contributed by atoms with Crippen LogP contribution in [0.25, 0.3) is 0 Å². The highest BCUT2D eigenvalue weighted by Gasteiger charge is 2.19. The van der Waals surface area contributed by atoms with E-state index in [1.54, 1.807) is 0 Å². The molecule has 1 saturated heterocycles. The molecule has 0 saturated carbocycles. The van der Waals surface area contributed by atoms with Crippen LogP contribution in [0.1, 0.15) is 15.9 Å². The van der Waals surface area contributed by atoms with E-state index >= 15 is 0 Å². The third-order valence-corrected chi connectivity index (χ3v) is 2.84. The molecule has 0 unspecified atom stereocenters. The van der Waals surface area contributed by atoms with E-state index in [9.17, 15) is 4.79 Å². The predicted octanol–water partition coefficient (Wildman–Crippen LogP) is 0.623. The van der Waals surface area contributed by atoms with Gasteiger partial charge in [0.25, 0.3) is 5.91 Å². The number of nitrogen functional groups attached to an aromatic ring is 1. The monoisotopic (exact) mass is 219 g/mol. The molecule has 1 aromatic carbocycles. The summed E-state index contributed by atoms with van der Waals surface area (Å²) in [5.74, 6) is 0.0407. The lowest BCUT2D eigenvalue weighted by Gasteiger charge is -2.27. The Balaban J connectivity index is 2.19. The van der Waals surface area contributed by atoms with Crippen molar-refractivity contribution in [3.63, 3.8) is 0 Å². The van der Waals surface area contributed by atoms with Crippen LogP contribution in [-0.4, -0.2) is 37.0 Å². The molecule has 2 rings (SSSR count). The van der Waals surface area contributed by atoms with Crippen LogP contribution in [-0.2, 0) is 0 Å². The number of nitrogens with zero attached hydrogens (tertiary/aromatic N) is 1. The summed E-state index contributed by atoms with van der Waals surface area (Å²) < 4.78 is 0. The standard InChI is InChI=1S/C12H17N3O/c1-9-2-3-10(11(13)8-9)12(16)15-6-4-14-5-7-15/h2-3,8,14H,4-7,13H2,1H3. The van der Waals surface area contributed by atoms with Crippen molar-refractivity contribution in [3.8, 4) is 0 Å². The summed E-state index contributed by atoms with van der Waals surface area (Å²) in [5, 5.41) is 3.22. The maximum absolute atomic E-state index is 12.2. The largest absolute Gasteiger partial charge is 0.398 e. The smallest absolute Gasteiger partial charge is 0.256 e. The molecule has 1 amide bonds. The minimum Gasteiger partial charge on any atom is -0.398 e. The van der Waals surface area contributed by atoms with E-state index < -0.39 is 0 Å². The lowest BCUT2D eigenvalue weighted by Crippen LogP contribution is -2.46. The molecule has 16 heavy (non-hydrogen) atoms.